The molecular weight excluding hydrogens is 428 g/mol. The zero-order valence-corrected chi connectivity index (χ0v) is 20.0. The van der Waals surface area contributed by atoms with Crippen LogP contribution < -0.4 is 10.4 Å². The van der Waals surface area contributed by atoms with Gasteiger partial charge in [-0.2, -0.15) is 0 Å². The topological polar surface area (TPSA) is 9.23 Å². The molecule has 0 N–H and O–H groups in total. The molecule has 0 saturated heterocycles. The lowest BCUT2D eigenvalue weighted by Crippen LogP contribution is -2.75. The molecule has 140 valence electrons. The third kappa shape index (κ3) is 4.04. The Hall–Kier alpha value is -1.47. The van der Waals surface area contributed by atoms with Crippen LogP contribution in [0.5, 0.6) is 0 Å². The molecule has 0 bridgehead atoms. The van der Waals surface area contributed by atoms with Crippen molar-refractivity contribution in [1.29, 1.82) is 0 Å². The molecule has 1 nitrogen and oxygen atoms in total. The van der Waals surface area contributed by atoms with Gasteiger partial charge in [-0.05, 0) is 28.9 Å². The Morgan fingerprint density at radius 2 is 1.15 bits per heavy atom. The van der Waals surface area contributed by atoms with Gasteiger partial charge in [-0.15, -0.1) is 0 Å². The second kappa shape index (κ2) is 8.27. The van der Waals surface area contributed by atoms with Crippen molar-refractivity contribution < 1.29 is 4.43 Å². The van der Waals surface area contributed by atoms with Crippen LogP contribution in [-0.2, 0) is 4.43 Å². The molecule has 0 amide bonds. The van der Waals surface area contributed by atoms with Gasteiger partial charge in [0.1, 0.15) is 0 Å². The van der Waals surface area contributed by atoms with Crippen LogP contribution in [0.25, 0.3) is 0 Å². The minimum atomic E-state index is -2.40. The highest BCUT2D eigenvalue weighted by molar-refractivity contribution is 9.10. The maximum absolute atomic E-state index is 7.21. The first-order valence-electron chi connectivity index (χ1n) is 9.39. The fourth-order valence-corrected chi connectivity index (χ4v) is 16.9. The summed E-state index contributed by atoms with van der Waals surface area (Å²) >= 11 is 3.71. The Morgan fingerprint density at radius 1 is 0.704 bits per heavy atom. The first-order chi connectivity index (χ1) is 12.9. The highest BCUT2D eigenvalue weighted by atomic mass is 79.9. The number of hydrogen-bond donors (Lipinski definition) is 0. The van der Waals surface area contributed by atoms with E-state index < -0.39 is 15.4 Å². The van der Waals surface area contributed by atoms with Crippen molar-refractivity contribution in [1.82, 2.24) is 0 Å². The number of rotatable bonds is 6. The quantitative estimate of drug-likeness (QED) is 0.433. The second-order valence-electron chi connectivity index (χ2n) is 7.94. The molecule has 0 aliphatic heterocycles. The average molecular weight is 456 g/mol. The van der Waals surface area contributed by atoms with Crippen molar-refractivity contribution in [3.8, 4) is 0 Å². The average Bonchev–Trinajstić information content (AvgIpc) is 2.66. The molecule has 0 saturated carbocycles. The lowest BCUT2D eigenvalue weighted by atomic mass is 10.1. The standard InChI is InChI=1S/C23H27BrOSi2/c1-19(22-17-11-12-18-23(22)24)25-27(26(2,3)4,20-13-7-5-8-14-20)21-15-9-6-10-16-21/h5-19H,1-4H3. The van der Waals surface area contributed by atoms with Gasteiger partial charge in [-0.3, -0.25) is 0 Å². The summed E-state index contributed by atoms with van der Waals surface area (Å²) in [5, 5.41) is 2.74. The van der Waals surface area contributed by atoms with Crippen LogP contribution >= 0.6 is 15.9 Å². The Kier molecular flexibility index (Phi) is 6.21. The molecule has 0 aliphatic rings. The zero-order valence-electron chi connectivity index (χ0n) is 16.4. The third-order valence-electron chi connectivity index (χ3n) is 5.11. The van der Waals surface area contributed by atoms with Crippen LogP contribution in [0.15, 0.2) is 89.4 Å². The maximum Gasteiger partial charge on any atom is 0.240 e. The van der Waals surface area contributed by atoms with E-state index in [0.717, 1.165) is 4.47 Å². The van der Waals surface area contributed by atoms with Gasteiger partial charge in [0, 0.05) is 4.47 Å². The van der Waals surface area contributed by atoms with Crippen molar-refractivity contribution in [3.63, 3.8) is 0 Å². The predicted molar refractivity (Wildman–Crippen MR) is 125 cm³/mol. The van der Waals surface area contributed by atoms with E-state index >= 15 is 0 Å². The summed E-state index contributed by atoms with van der Waals surface area (Å²) in [6, 6.07) is 30.2. The normalized spacial score (nSPS) is 13.4. The van der Waals surface area contributed by atoms with Crippen LogP contribution in [0.2, 0.25) is 19.6 Å². The molecular formula is C23H27BrOSi2. The van der Waals surface area contributed by atoms with Gasteiger partial charge < -0.3 is 4.43 Å². The molecule has 1 atom stereocenters. The molecule has 0 aromatic heterocycles. The third-order valence-corrected chi connectivity index (χ3v) is 19.4. The Labute approximate surface area is 173 Å². The Bertz CT molecular complexity index is 836. The molecule has 0 heterocycles. The molecule has 3 aromatic rings. The molecule has 3 aromatic carbocycles. The van der Waals surface area contributed by atoms with E-state index in [1.165, 1.54) is 15.9 Å². The summed E-state index contributed by atoms with van der Waals surface area (Å²) in [5.41, 5.74) is 1.21. The highest BCUT2D eigenvalue weighted by Crippen LogP contribution is 2.31. The zero-order chi connectivity index (χ0) is 19.5. The van der Waals surface area contributed by atoms with E-state index in [2.05, 4.69) is 127 Å². The number of hydrogen-bond acceptors (Lipinski definition) is 1. The van der Waals surface area contributed by atoms with Crippen molar-refractivity contribution >= 4 is 41.7 Å². The maximum atomic E-state index is 7.21. The molecule has 0 fully saturated rings. The fraction of sp³-hybridized carbons (Fsp3) is 0.217. The summed E-state index contributed by atoms with van der Waals surface area (Å²) < 4.78 is 8.32. The highest BCUT2D eigenvalue weighted by Gasteiger charge is 2.52. The summed E-state index contributed by atoms with van der Waals surface area (Å²) in [5.74, 6) is 0. The van der Waals surface area contributed by atoms with Gasteiger partial charge in [-0.25, -0.2) is 0 Å². The van der Waals surface area contributed by atoms with E-state index in [4.69, 9.17) is 4.43 Å². The minimum Gasteiger partial charge on any atom is -0.404 e. The Balaban J connectivity index is 2.19. The van der Waals surface area contributed by atoms with Crippen LogP contribution in [0.1, 0.15) is 18.6 Å². The van der Waals surface area contributed by atoms with Crippen LogP contribution in [0.3, 0.4) is 0 Å². The second-order valence-corrected chi connectivity index (χ2v) is 22.7. The fourth-order valence-electron chi connectivity index (χ4n) is 3.82. The van der Waals surface area contributed by atoms with Gasteiger partial charge in [0.05, 0.1) is 13.7 Å². The SMILES string of the molecule is CC(O[Si](c1ccccc1)(c1ccccc1)[Si](C)(C)C)c1ccccc1Br. The van der Waals surface area contributed by atoms with E-state index in [1.54, 1.807) is 0 Å². The van der Waals surface area contributed by atoms with Crippen molar-refractivity contribution in [2.24, 2.45) is 0 Å². The van der Waals surface area contributed by atoms with Gasteiger partial charge in [0.2, 0.25) is 7.83 Å². The Morgan fingerprint density at radius 3 is 1.59 bits per heavy atom. The smallest absolute Gasteiger partial charge is 0.240 e. The first-order valence-corrected chi connectivity index (χ1v) is 16.6. The predicted octanol–water partition coefficient (Wildman–Crippen LogP) is 5.70. The van der Waals surface area contributed by atoms with Crippen LogP contribution in [-0.4, -0.2) is 15.4 Å². The van der Waals surface area contributed by atoms with Gasteiger partial charge in [0.25, 0.3) is 0 Å². The molecule has 0 radical (unpaired) electrons. The van der Waals surface area contributed by atoms with Crippen molar-refractivity contribution in [2.45, 2.75) is 32.7 Å². The summed E-state index contributed by atoms with van der Waals surface area (Å²) in [7, 11) is -4.13. The molecule has 1 unspecified atom stereocenters. The molecule has 0 spiro atoms. The minimum absolute atomic E-state index is 0.0133. The molecule has 3 rings (SSSR count). The van der Waals surface area contributed by atoms with Gasteiger partial charge >= 0.3 is 0 Å². The van der Waals surface area contributed by atoms with Crippen LogP contribution in [0, 0.1) is 0 Å². The van der Waals surface area contributed by atoms with E-state index in [9.17, 15) is 0 Å². The summed E-state index contributed by atoms with van der Waals surface area (Å²) in [6.07, 6.45) is 0.0133. The van der Waals surface area contributed by atoms with Crippen LogP contribution in [0.4, 0.5) is 0 Å². The van der Waals surface area contributed by atoms with E-state index in [0.29, 0.717) is 0 Å². The van der Waals surface area contributed by atoms with Crippen molar-refractivity contribution in [3.05, 3.63) is 95.0 Å². The lowest BCUT2D eigenvalue weighted by Gasteiger charge is -2.44. The number of halogens is 1. The molecule has 0 aliphatic carbocycles. The number of benzene rings is 3. The van der Waals surface area contributed by atoms with E-state index in [-0.39, 0.29) is 6.10 Å². The molecule has 4 heteroatoms. The van der Waals surface area contributed by atoms with E-state index in [1.807, 2.05) is 0 Å². The van der Waals surface area contributed by atoms with Gasteiger partial charge in [0.15, 0.2) is 0 Å². The lowest BCUT2D eigenvalue weighted by molar-refractivity contribution is 0.230. The van der Waals surface area contributed by atoms with Crippen molar-refractivity contribution in [2.75, 3.05) is 0 Å². The largest absolute Gasteiger partial charge is 0.404 e. The van der Waals surface area contributed by atoms with Gasteiger partial charge in [-0.1, -0.05) is 114 Å². The summed E-state index contributed by atoms with van der Waals surface area (Å²) in [4.78, 5) is 0. The first kappa shape index (κ1) is 20.3. The monoisotopic (exact) mass is 454 g/mol. The molecule has 27 heavy (non-hydrogen) atoms. The summed E-state index contributed by atoms with van der Waals surface area (Å²) in [6.45, 7) is 9.54.